The zero-order valence-corrected chi connectivity index (χ0v) is 15.4. The van der Waals surface area contributed by atoms with Gasteiger partial charge in [0.1, 0.15) is 12.4 Å². The van der Waals surface area contributed by atoms with Crippen LogP contribution < -0.4 is 10.6 Å². The molecule has 1 aromatic rings. The van der Waals surface area contributed by atoms with E-state index in [0.717, 1.165) is 37.1 Å². The molecular formula is C18H30N6O. The Bertz CT molecular complexity index is 630. The number of aromatic nitrogens is 3. The van der Waals surface area contributed by atoms with Crippen molar-refractivity contribution in [3.8, 4) is 0 Å². The molecule has 4 rings (SSSR count). The third-order valence-corrected chi connectivity index (χ3v) is 5.83. The van der Waals surface area contributed by atoms with Crippen LogP contribution in [0.5, 0.6) is 0 Å². The van der Waals surface area contributed by atoms with E-state index in [4.69, 9.17) is 9.73 Å². The molecule has 1 unspecified atom stereocenters. The number of ether oxygens (including phenoxy) is 1. The molecule has 1 spiro atoms. The van der Waals surface area contributed by atoms with Crippen LogP contribution in [-0.2, 0) is 18.3 Å². The molecule has 1 saturated heterocycles. The summed E-state index contributed by atoms with van der Waals surface area (Å²) in [6, 6.07) is 1.02. The Balaban J connectivity index is 1.41. The summed E-state index contributed by atoms with van der Waals surface area (Å²) in [7, 11) is 1.99. The Labute approximate surface area is 149 Å². The van der Waals surface area contributed by atoms with Gasteiger partial charge in [0.05, 0.1) is 5.60 Å². The van der Waals surface area contributed by atoms with Crippen LogP contribution in [-0.4, -0.2) is 45.0 Å². The lowest BCUT2D eigenvalue weighted by atomic mass is 9.89. The average molecular weight is 346 g/mol. The Morgan fingerprint density at radius 1 is 1.20 bits per heavy atom. The highest BCUT2D eigenvalue weighted by molar-refractivity contribution is 5.80. The van der Waals surface area contributed by atoms with Crippen LogP contribution in [0.3, 0.4) is 0 Å². The fourth-order valence-electron chi connectivity index (χ4n) is 4.00. The predicted molar refractivity (Wildman–Crippen MR) is 96.3 cm³/mol. The Morgan fingerprint density at radius 3 is 2.64 bits per heavy atom. The minimum atomic E-state index is 0.126. The number of aliphatic imine (C=N–C) groups is 1. The molecule has 0 amide bonds. The van der Waals surface area contributed by atoms with Gasteiger partial charge < -0.3 is 19.9 Å². The first-order valence-corrected chi connectivity index (χ1v) is 9.70. The van der Waals surface area contributed by atoms with Gasteiger partial charge in [-0.1, -0.05) is 12.8 Å². The largest absolute Gasteiger partial charge is 0.375 e. The number of aryl methyl sites for hydroxylation is 1. The molecular weight excluding hydrogens is 316 g/mol. The van der Waals surface area contributed by atoms with Crippen LogP contribution in [0.1, 0.15) is 63.0 Å². The topological polar surface area (TPSA) is 76.4 Å². The second-order valence-electron chi connectivity index (χ2n) is 7.88. The molecule has 2 saturated carbocycles. The third-order valence-electron chi connectivity index (χ3n) is 5.83. The lowest BCUT2D eigenvalue weighted by Gasteiger charge is -2.39. The highest BCUT2D eigenvalue weighted by Crippen LogP contribution is 2.39. The molecule has 7 heteroatoms. The predicted octanol–water partition coefficient (Wildman–Crippen LogP) is 1.81. The zero-order chi connectivity index (χ0) is 17.3. The molecule has 0 aromatic carbocycles. The molecule has 7 nitrogen and oxygen atoms in total. The summed E-state index contributed by atoms with van der Waals surface area (Å²) in [5.74, 6) is 2.74. The second kappa shape index (κ2) is 6.94. The highest BCUT2D eigenvalue weighted by atomic mass is 16.5. The van der Waals surface area contributed by atoms with Crippen molar-refractivity contribution >= 4 is 5.96 Å². The van der Waals surface area contributed by atoms with Crippen LogP contribution >= 0.6 is 0 Å². The van der Waals surface area contributed by atoms with Crippen molar-refractivity contribution in [2.75, 3.05) is 6.61 Å². The van der Waals surface area contributed by atoms with Crippen LogP contribution in [0.25, 0.3) is 0 Å². The maximum atomic E-state index is 6.16. The van der Waals surface area contributed by atoms with Crippen LogP contribution in [0, 0.1) is 6.92 Å². The number of rotatable bonds is 4. The number of nitrogens with one attached hydrogen (secondary N) is 2. The van der Waals surface area contributed by atoms with Gasteiger partial charge in [-0.25, -0.2) is 4.99 Å². The first-order chi connectivity index (χ1) is 12.1. The first kappa shape index (κ1) is 16.8. The summed E-state index contributed by atoms with van der Waals surface area (Å²) in [5, 5.41) is 15.6. The van der Waals surface area contributed by atoms with Crippen LogP contribution in [0.15, 0.2) is 4.99 Å². The van der Waals surface area contributed by atoms with Crippen molar-refractivity contribution < 1.29 is 4.74 Å². The maximum absolute atomic E-state index is 6.16. The van der Waals surface area contributed by atoms with E-state index in [-0.39, 0.29) is 5.60 Å². The zero-order valence-electron chi connectivity index (χ0n) is 15.4. The SMILES string of the molecule is Cc1nnc(CN=C(NC2CC2)NC2CCOC3(CCCC3)C2)n1C. The number of nitrogens with zero attached hydrogens (tertiary/aromatic N) is 4. The van der Waals surface area contributed by atoms with E-state index in [2.05, 4.69) is 20.8 Å². The lowest BCUT2D eigenvalue weighted by Crippen LogP contribution is -2.51. The molecule has 138 valence electrons. The monoisotopic (exact) mass is 346 g/mol. The second-order valence-corrected chi connectivity index (χ2v) is 7.88. The fraction of sp³-hybridized carbons (Fsp3) is 0.833. The molecule has 1 aliphatic heterocycles. The van der Waals surface area contributed by atoms with E-state index in [1.54, 1.807) is 0 Å². The number of hydrogen-bond donors (Lipinski definition) is 2. The minimum Gasteiger partial charge on any atom is -0.375 e. The van der Waals surface area contributed by atoms with Gasteiger partial charge in [-0.3, -0.25) is 0 Å². The highest BCUT2D eigenvalue weighted by Gasteiger charge is 2.40. The molecule has 3 fully saturated rings. The standard InChI is InChI=1S/C18H30N6O/c1-13-22-23-16(24(13)2)12-19-17(20-14-5-6-14)21-15-7-10-25-18(11-15)8-3-4-9-18/h14-15H,3-12H2,1-2H3,(H2,19,20,21). The smallest absolute Gasteiger partial charge is 0.192 e. The van der Waals surface area contributed by atoms with Gasteiger partial charge in [0.25, 0.3) is 0 Å². The van der Waals surface area contributed by atoms with Gasteiger partial charge in [0.2, 0.25) is 0 Å². The Kier molecular flexibility index (Phi) is 4.67. The van der Waals surface area contributed by atoms with Crippen molar-refractivity contribution in [3.05, 3.63) is 11.6 Å². The van der Waals surface area contributed by atoms with Gasteiger partial charge in [0.15, 0.2) is 11.8 Å². The minimum absolute atomic E-state index is 0.126. The van der Waals surface area contributed by atoms with Gasteiger partial charge in [-0.05, 0) is 45.4 Å². The molecule has 1 atom stereocenters. The van der Waals surface area contributed by atoms with Crippen molar-refractivity contribution in [1.82, 2.24) is 25.4 Å². The first-order valence-electron chi connectivity index (χ1n) is 9.70. The maximum Gasteiger partial charge on any atom is 0.192 e. The summed E-state index contributed by atoms with van der Waals surface area (Å²) in [4.78, 5) is 4.79. The summed E-state index contributed by atoms with van der Waals surface area (Å²) >= 11 is 0. The van der Waals surface area contributed by atoms with E-state index in [1.165, 1.54) is 38.5 Å². The van der Waals surface area contributed by atoms with Crippen molar-refractivity contribution in [3.63, 3.8) is 0 Å². The van der Waals surface area contributed by atoms with E-state index >= 15 is 0 Å². The Morgan fingerprint density at radius 2 is 1.96 bits per heavy atom. The molecule has 2 heterocycles. The molecule has 2 N–H and O–H groups in total. The van der Waals surface area contributed by atoms with E-state index < -0.39 is 0 Å². The molecule has 3 aliphatic rings. The molecule has 2 aliphatic carbocycles. The quantitative estimate of drug-likeness (QED) is 0.642. The van der Waals surface area contributed by atoms with E-state index in [0.29, 0.717) is 18.6 Å². The van der Waals surface area contributed by atoms with Crippen molar-refractivity contribution in [2.45, 2.75) is 82.5 Å². The van der Waals surface area contributed by atoms with Crippen LogP contribution in [0.4, 0.5) is 0 Å². The molecule has 1 aromatic heterocycles. The summed E-state index contributed by atoms with van der Waals surface area (Å²) in [6.07, 6.45) is 9.66. The van der Waals surface area contributed by atoms with Crippen molar-refractivity contribution in [2.24, 2.45) is 12.0 Å². The Hall–Kier alpha value is -1.63. The number of hydrogen-bond acceptors (Lipinski definition) is 4. The normalized spacial score (nSPS) is 26.2. The summed E-state index contributed by atoms with van der Waals surface area (Å²) < 4.78 is 8.16. The van der Waals surface area contributed by atoms with Gasteiger partial charge in [-0.15, -0.1) is 10.2 Å². The number of guanidine groups is 1. The molecule has 0 radical (unpaired) electrons. The van der Waals surface area contributed by atoms with Gasteiger partial charge >= 0.3 is 0 Å². The van der Waals surface area contributed by atoms with Gasteiger partial charge in [-0.2, -0.15) is 0 Å². The van der Waals surface area contributed by atoms with Gasteiger partial charge in [0, 0.05) is 25.7 Å². The van der Waals surface area contributed by atoms with E-state index in [9.17, 15) is 0 Å². The lowest BCUT2D eigenvalue weighted by molar-refractivity contribution is -0.0815. The summed E-state index contributed by atoms with van der Waals surface area (Å²) in [5.41, 5.74) is 0.126. The average Bonchev–Trinajstić information content (AvgIpc) is 3.22. The molecule has 0 bridgehead atoms. The van der Waals surface area contributed by atoms with Crippen LogP contribution in [0.2, 0.25) is 0 Å². The molecule has 25 heavy (non-hydrogen) atoms. The summed E-state index contributed by atoms with van der Waals surface area (Å²) in [6.45, 7) is 3.37. The van der Waals surface area contributed by atoms with E-state index in [1.807, 2.05) is 18.5 Å². The van der Waals surface area contributed by atoms with Crippen molar-refractivity contribution in [1.29, 1.82) is 0 Å². The fourth-order valence-corrected chi connectivity index (χ4v) is 4.00. The third kappa shape index (κ3) is 3.97.